The van der Waals surface area contributed by atoms with Crippen molar-refractivity contribution in [3.8, 4) is 0 Å². The number of nitrogens with two attached hydrogens (primary N) is 1. The highest BCUT2D eigenvalue weighted by Gasteiger charge is 2.10. The van der Waals surface area contributed by atoms with Gasteiger partial charge in [0.2, 0.25) is 0 Å². The summed E-state index contributed by atoms with van der Waals surface area (Å²) < 4.78 is 0.995. The Labute approximate surface area is 108 Å². The zero-order chi connectivity index (χ0) is 12.3. The van der Waals surface area contributed by atoms with Crippen LogP contribution in [-0.4, -0.2) is 10.1 Å². The van der Waals surface area contributed by atoms with Gasteiger partial charge in [-0.25, -0.2) is 0 Å². The Kier molecular flexibility index (Phi) is 3.76. The molecule has 3 N–H and O–H groups in total. The number of halogens is 1. The number of nitrogens with zero attached hydrogens (tertiary/aromatic N) is 1. The molecule has 0 spiro atoms. The van der Waals surface area contributed by atoms with E-state index in [1.165, 1.54) is 0 Å². The first-order valence-electron chi connectivity index (χ1n) is 5.28. The Balaban J connectivity index is 2.14. The molecule has 0 saturated carbocycles. The smallest absolute Gasteiger partial charge is 0.0831 e. The lowest BCUT2D eigenvalue weighted by Crippen LogP contribution is -2.04. The Hall–Kier alpha value is -1.39. The summed E-state index contributed by atoms with van der Waals surface area (Å²) in [5.74, 6) is 0. The molecule has 17 heavy (non-hydrogen) atoms. The summed E-state index contributed by atoms with van der Waals surface area (Å²) in [6, 6.07) is 9.34. The Morgan fingerprint density at radius 2 is 1.94 bits per heavy atom. The van der Waals surface area contributed by atoms with Crippen molar-refractivity contribution in [1.29, 1.82) is 0 Å². The minimum atomic E-state index is -0.561. The summed E-state index contributed by atoms with van der Waals surface area (Å²) >= 11 is 3.36. The summed E-state index contributed by atoms with van der Waals surface area (Å²) in [5, 5.41) is 10.1. The third-order valence-corrected chi connectivity index (χ3v) is 3.14. The van der Waals surface area contributed by atoms with E-state index >= 15 is 0 Å². The number of hydrogen-bond acceptors (Lipinski definition) is 3. The molecule has 1 unspecified atom stereocenters. The van der Waals surface area contributed by atoms with Crippen LogP contribution in [0.1, 0.15) is 17.2 Å². The van der Waals surface area contributed by atoms with Crippen molar-refractivity contribution < 1.29 is 5.11 Å². The Morgan fingerprint density at radius 1 is 1.24 bits per heavy atom. The fraction of sp³-hybridized carbons (Fsp3) is 0.154. The maximum Gasteiger partial charge on any atom is 0.0831 e. The highest BCUT2D eigenvalue weighted by Crippen LogP contribution is 2.22. The third-order valence-electron chi connectivity index (χ3n) is 2.61. The number of rotatable bonds is 3. The summed E-state index contributed by atoms with van der Waals surface area (Å²) in [4.78, 5) is 4.01. The van der Waals surface area contributed by atoms with Gasteiger partial charge in [-0.1, -0.05) is 28.1 Å². The van der Waals surface area contributed by atoms with Gasteiger partial charge in [-0.15, -0.1) is 0 Å². The molecule has 3 nitrogen and oxygen atoms in total. The van der Waals surface area contributed by atoms with Gasteiger partial charge in [0.05, 0.1) is 6.10 Å². The predicted octanol–water partition coefficient (Wildman–Crippen LogP) is 2.70. The lowest BCUT2D eigenvalue weighted by Gasteiger charge is -2.12. The van der Waals surface area contributed by atoms with Crippen molar-refractivity contribution in [3.63, 3.8) is 0 Å². The van der Waals surface area contributed by atoms with Gasteiger partial charge in [0.1, 0.15) is 0 Å². The van der Waals surface area contributed by atoms with Crippen LogP contribution in [0.25, 0.3) is 0 Å². The average molecular weight is 293 g/mol. The van der Waals surface area contributed by atoms with Gasteiger partial charge in [-0.2, -0.15) is 0 Å². The lowest BCUT2D eigenvalue weighted by atomic mass is 10.0. The van der Waals surface area contributed by atoms with Gasteiger partial charge in [0.25, 0.3) is 0 Å². The van der Waals surface area contributed by atoms with Crippen molar-refractivity contribution in [2.45, 2.75) is 12.5 Å². The van der Waals surface area contributed by atoms with E-state index in [4.69, 9.17) is 5.73 Å². The fourth-order valence-corrected chi connectivity index (χ4v) is 1.88. The maximum absolute atomic E-state index is 10.1. The first-order chi connectivity index (χ1) is 8.16. The number of aromatic nitrogens is 1. The SMILES string of the molecule is Nc1ccncc1CC(O)c1ccc(Br)cc1. The van der Waals surface area contributed by atoms with E-state index < -0.39 is 6.10 Å². The topological polar surface area (TPSA) is 59.1 Å². The van der Waals surface area contributed by atoms with Crippen LogP contribution >= 0.6 is 15.9 Å². The molecule has 0 amide bonds. The van der Waals surface area contributed by atoms with Crippen molar-refractivity contribution in [2.75, 3.05) is 5.73 Å². The lowest BCUT2D eigenvalue weighted by molar-refractivity contribution is 0.178. The number of aliphatic hydroxyl groups is 1. The molecule has 0 aliphatic carbocycles. The van der Waals surface area contributed by atoms with Gasteiger partial charge in [-0.3, -0.25) is 4.98 Å². The van der Waals surface area contributed by atoms with Crippen molar-refractivity contribution in [1.82, 2.24) is 4.98 Å². The van der Waals surface area contributed by atoms with Crippen LogP contribution in [0.2, 0.25) is 0 Å². The van der Waals surface area contributed by atoms with Crippen LogP contribution in [0.15, 0.2) is 47.2 Å². The molecule has 0 saturated heterocycles. The Bertz CT molecular complexity index is 499. The highest BCUT2D eigenvalue weighted by atomic mass is 79.9. The fourth-order valence-electron chi connectivity index (χ4n) is 1.62. The van der Waals surface area contributed by atoms with Crippen LogP contribution in [0.3, 0.4) is 0 Å². The number of nitrogen functional groups attached to an aromatic ring is 1. The van der Waals surface area contributed by atoms with Crippen LogP contribution < -0.4 is 5.73 Å². The molecule has 2 aromatic rings. The quantitative estimate of drug-likeness (QED) is 0.914. The molecule has 88 valence electrons. The van der Waals surface area contributed by atoms with Crippen LogP contribution in [0.4, 0.5) is 5.69 Å². The van der Waals surface area contributed by atoms with Gasteiger partial charge in [0.15, 0.2) is 0 Å². The number of hydrogen-bond donors (Lipinski definition) is 2. The molecule has 0 bridgehead atoms. The second kappa shape index (κ2) is 5.29. The van der Waals surface area contributed by atoms with E-state index in [0.717, 1.165) is 15.6 Å². The molecule has 1 heterocycles. The average Bonchev–Trinajstić information content (AvgIpc) is 2.33. The van der Waals surface area contributed by atoms with Crippen LogP contribution in [0, 0.1) is 0 Å². The summed E-state index contributed by atoms with van der Waals surface area (Å²) in [6.07, 6.45) is 3.25. The third kappa shape index (κ3) is 3.05. The minimum absolute atomic E-state index is 0.474. The number of aliphatic hydroxyl groups excluding tert-OH is 1. The molecule has 1 atom stereocenters. The number of pyridine rings is 1. The van der Waals surface area contributed by atoms with Gasteiger partial charge in [0, 0.05) is 29.0 Å². The molecular weight excluding hydrogens is 280 g/mol. The van der Waals surface area contributed by atoms with E-state index in [1.54, 1.807) is 18.5 Å². The molecular formula is C13H13BrN2O. The largest absolute Gasteiger partial charge is 0.398 e. The molecule has 0 fully saturated rings. The second-order valence-corrected chi connectivity index (χ2v) is 4.76. The standard InChI is InChI=1S/C13H13BrN2O/c14-11-3-1-9(2-4-11)13(17)7-10-8-16-6-5-12(10)15/h1-6,8,13,17H,7H2,(H2,15,16). The van der Waals surface area contributed by atoms with Gasteiger partial charge >= 0.3 is 0 Å². The monoisotopic (exact) mass is 292 g/mol. The molecule has 2 rings (SSSR count). The molecule has 4 heteroatoms. The van der Waals surface area contributed by atoms with E-state index in [1.807, 2.05) is 24.3 Å². The zero-order valence-corrected chi connectivity index (χ0v) is 10.8. The predicted molar refractivity (Wildman–Crippen MR) is 71.5 cm³/mol. The highest BCUT2D eigenvalue weighted by molar-refractivity contribution is 9.10. The van der Waals surface area contributed by atoms with E-state index in [0.29, 0.717) is 12.1 Å². The van der Waals surface area contributed by atoms with E-state index in [-0.39, 0.29) is 0 Å². The first-order valence-corrected chi connectivity index (χ1v) is 6.08. The molecule has 0 aliphatic heterocycles. The van der Waals surface area contributed by atoms with Gasteiger partial charge in [-0.05, 0) is 29.3 Å². The Morgan fingerprint density at radius 3 is 2.59 bits per heavy atom. The van der Waals surface area contributed by atoms with Crippen molar-refractivity contribution in [3.05, 3.63) is 58.3 Å². The maximum atomic E-state index is 10.1. The molecule has 0 aliphatic rings. The molecule has 1 aromatic carbocycles. The normalized spacial score (nSPS) is 12.4. The van der Waals surface area contributed by atoms with Gasteiger partial charge < -0.3 is 10.8 Å². The summed E-state index contributed by atoms with van der Waals surface area (Å²) in [5.41, 5.74) is 8.21. The van der Waals surface area contributed by atoms with Crippen LogP contribution in [-0.2, 0) is 6.42 Å². The van der Waals surface area contributed by atoms with Crippen molar-refractivity contribution >= 4 is 21.6 Å². The van der Waals surface area contributed by atoms with Crippen LogP contribution in [0.5, 0.6) is 0 Å². The number of anilines is 1. The second-order valence-electron chi connectivity index (χ2n) is 3.85. The first kappa shape index (κ1) is 12.1. The van der Waals surface area contributed by atoms with E-state index in [9.17, 15) is 5.11 Å². The number of benzene rings is 1. The van der Waals surface area contributed by atoms with E-state index in [2.05, 4.69) is 20.9 Å². The summed E-state index contributed by atoms with van der Waals surface area (Å²) in [6.45, 7) is 0. The molecule has 1 aromatic heterocycles. The zero-order valence-electron chi connectivity index (χ0n) is 9.18. The summed E-state index contributed by atoms with van der Waals surface area (Å²) in [7, 11) is 0. The molecule has 0 radical (unpaired) electrons. The minimum Gasteiger partial charge on any atom is -0.398 e. The van der Waals surface area contributed by atoms with Crippen molar-refractivity contribution in [2.24, 2.45) is 0 Å².